The third-order valence-electron chi connectivity index (χ3n) is 3.77. The zero-order valence-corrected chi connectivity index (χ0v) is 13.9. The van der Waals surface area contributed by atoms with E-state index in [1.54, 1.807) is 7.11 Å². The van der Waals surface area contributed by atoms with Gasteiger partial charge < -0.3 is 15.4 Å². The lowest BCUT2D eigenvalue weighted by molar-refractivity contribution is -0.105. The molecule has 4 nitrogen and oxygen atoms in total. The van der Waals surface area contributed by atoms with Gasteiger partial charge in [0.05, 0.1) is 18.0 Å². The van der Waals surface area contributed by atoms with Gasteiger partial charge in [-0.2, -0.15) is 0 Å². The molecule has 2 rings (SSSR count). The van der Waals surface area contributed by atoms with Gasteiger partial charge in [0.1, 0.15) is 0 Å². The summed E-state index contributed by atoms with van der Waals surface area (Å²) in [5.41, 5.74) is 5.17. The van der Waals surface area contributed by atoms with Crippen LogP contribution in [0.1, 0.15) is 25.3 Å². The van der Waals surface area contributed by atoms with Crippen LogP contribution < -0.4 is 10.6 Å². The van der Waals surface area contributed by atoms with Crippen molar-refractivity contribution in [2.75, 3.05) is 30.9 Å². The summed E-state index contributed by atoms with van der Waals surface area (Å²) >= 11 is 0. The highest BCUT2D eigenvalue weighted by atomic mass is 16.5. The average molecular weight is 312 g/mol. The third kappa shape index (κ3) is 4.57. The quantitative estimate of drug-likeness (QED) is 0.570. The van der Waals surface area contributed by atoms with Crippen LogP contribution in [0.25, 0.3) is 11.1 Å². The maximum Gasteiger partial charge on any atom is 0.211 e. The van der Waals surface area contributed by atoms with Crippen molar-refractivity contribution in [2.45, 2.75) is 19.8 Å². The number of hydrogen-bond acceptors (Lipinski definition) is 3. The monoisotopic (exact) mass is 312 g/mol. The Bertz CT molecular complexity index is 636. The summed E-state index contributed by atoms with van der Waals surface area (Å²) in [6.07, 6.45) is 0.697. The standard InChI is InChI=1S/C19H24N2O2/c1-14(2)15-4-6-16(7-5-15)17-8-9-18(20-10-11-23-3)19(12-17)21-13-22/h4-9,12-14,20H,10-11H2,1-3H3,(H,21,22). The highest BCUT2D eigenvalue weighted by molar-refractivity contribution is 5.84. The molecule has 2 aromatic rings. The molecule has 0 bridgehead atoms. The molecule has 0 aliphatic rings. The molecule has 1 amide bonds. The predicted octanol–water partition coefficient (Wildman–Crippen LogP) is 4.10. The average Bonchev–Trinajstić information content (AvgIpc) is 2.56. The molecular formula is C19H24N2O2. The van der Waals surface area contributed by atoms with Gasteiger partial charge in [-0.25, -0.2) is 0 Å². The van der Waals surface area contributed by atoms with Crippen molar-refractivity contribution < 1.29 is 9.53 Å². The Balaban J connectivity index is 2.25. The minimum atomic E-state index is 0.517. The van der Waals surface area contributed by atoms with E-state index in [-0.39, 0.29) is 0 Å². The van der Waals surface area contributed by atoms with Crippen LogP contribution in [-0.2, 0) is 9.53 Å². The maximum atomic E-state index is 10.9. The molecule has 0 aromatic heterocycles. The van der Waals surface area contributed by atoms with Gasteiger partial charge >= 0.3 is 0 Å². The second kappa shape index (κ2) is 8.34. The second-order valence-corrected chi connectivity index (χ2v) is 5.72. The van der Waals surface area contributed by atoms with Crippen molar-refractivity contribution in [3.05, 3.63) is 48.0 Å². The van der Waals surface area contributed by atoms with Gasteiger partial charge in [0, 0.05) is 13.7 Å². The molecule has 23 heavy (non-hydrogen) atoms. The summed E-state index contributed by atoms with van der Waals surface area (Å²) in [5, 5.41) is 6.01. The second-order valence-electron chi connectivity index (χ2n) is 5.72. The summed E-state index contributed by atoms with van der Waals surface area (Å²) < 4.78 is 5.03. The number of carbonyl (C=O) groups excluding carboxylic acids is 1. The summed E-state index contributed by atoms with van der Waals surface area (Å²) in [6.45, 7) is 5.66. The molecule has 0 fully saturated rings. The topological polar surface area (TPSA) is 50.4 Å². The van der Waals surface area contributed by atoms with Gasteiger partial charge in [0.2, 0.25) is 6.41 Å². The zero-order chi connectivity index (χ0) is 16.7. The van der Waals surface area contributed by atoms with Crippen LogP contribution in [0, 0.1) is 0 Å². The Morgan fingerprint density at radius 2 is 1.74 bits per heavy atom. The van der Waals surface area contributed by atoms with E-state index in [1.165, 1.54) is 5.56 Å². The molecule has 0 aliphatic heterocycles. The van der Waals surface area contributed by atoms with Crippen LogP contribution in [0.4, 0.5) is 11.4 Å². The predicted molar refractivity (Wildman–Crippen MR) is 96.0 cm³/mol. The highest BCUT2D eigenvalue weighted by Crippen LogP contribution is 2.29. The number of ether oxygens (including phenoxy) is 1. The number of methoxy groups -OCH3 is 1. The van der Waals surface area contributed by atoms with E-state index in [0.717, 1.165) is 22.5 Å². The first-order chi connectivity index (χ1) is 11.2. The first kappa shape index (κ1) is 17.0. The van der Waals surface area contributed by atoms with E-state index in [9.17, 15) is 4.79 Å². The number of anilines is 2. The molecule has 0 saturated carbocycles. The summed E-state index contributed by atoms with van der Waals surface area (Å²) in [4.78, 5) is 10.9. The van der Waals surface area contributed by atoms with E-state index in [2.05, 4.69) is 54.8 Å². The molecule has 0 spiro atoms. The number of benzene rings is 2. The number of hydrogen-bond donors (Lipinski definition) is 2. The molecule has 122 valence electrons. The lowest BCUT2D eigenvalue weighted by Gasteiger charge is -2.13. The lowest BCUT2D eigenvalue weighted by Crippen LogP contribution is -2.09. The van der Waals surface area contributed by atoms with Crippen molar-refractivity contribution in [3.63, 3.8) is 0 Å². The lowest BCUT2D eigenvalue weighted by atomic mass is 9.98. The fraction of sp³-hybridized carbons (Fsp3) is 0.316. The van der Waals surface area contributed by atoms with Crippen molar-refractivity contribution in [3.8, 4) is 11.1 Å². The van der Waals surface area contributed by atoms with Crippen molar-refractivity contribution in [1.29, 1.82) is 0 Å². The SMILES string of the molecule is COCCNc1ccc(-c2ccc(C(C)C)cc2)cc1NC=O. The molecule has 2 aromatic carbocycles. The van der Waals surface area contributed by atoms with Crippen molar-refractivity contribution >= 4 is 17.8 Å². The number of nitrogens with one attached hydrogen (secondary N) is 2. The van der Waals surface area contributed by atoms with Crippen LogP contribution in [0.15, 0.2) is 42.5 Å². The van der Waals surface area contributed by atoms with Gasteiger partial charge in [0.15, 0.2) is 0 Å². The van der Waals surface area contributed by atoms with E-state index < -0.39 is 0 Å². The molecule has 0 radical (unpaired) electrons. The molecule has 0 heterocycles. The van der Waals surface area contributed by atoms with E-state index in [1.807, 2.05) is 12.1 Å². The van der Waals surface area contributed by atoms with Crippen LogP contribution in [0.5, 0.6) is 0 Å². The summed E-state index contributed by atoms with van der Waals surface area (Å²) in [6, 6.07) is 14.5. The summed E-state index contributed by atoms with van der Waals surface area (Å²) in [7, 11) is 1.66. The van der Waals surface area contributed by atoms with E-state index in [0.29, 0.717) is 25.5 Å². The fourth-order valence-corrected chi connectivity index (χ4v) is 2.41. The highest BCUT2D eigenvalue weighted by Gasteiger charge is 2.06. The van der Waals surface area contributed by atoms with E-state index in [4.69, 9.17) is 4.74 Å². The van der Waals surface area contributed by atoms with Crippen LogP contribution in [-0.4, -0.2) is 26.7 Å². The molecule has 0 atom stereocenters. The molecular weight excluding hydrogens is 288 g/mol. The smallest absolute Gasteiger partial charge is 0.211 e. The van der Waals surface area contributed by atoms with Crippen LogP contribution in [0.3, 0.4) is 0 Å². The van der Waals surface area contributed by atoms with Gasteiger partial charge in [-0.1, -0.05) is 44.2 Å². The zero-order valence-electron chi connectivity index (χ0n) is 13.9. The molecule has 2 N–H and O–H groups in total. The van der Waals surface area contributed by atoms with Gasteiger partial charge in [0.25, 0.3) is 0 Å². The third-order valence-corrected chi connectivity index (χ3v) is 3.77. The first-order valence-electron chi connectivity index (χ1n) is 7.83. The largest absolute Gasteiger partial charge is 0.383 e. The van der Waals surface area contributed by atoms with Gasteiger partial charge in [-0.15, -0.1) is 0 Å². The number of carbonyl (C=O) groups is 1. The molecule has 0 saturated heterocycles. The maximum absolute atomic E-state index is 10.9. The van der Waals surface area contributed by atoms with Crippen molar-refractivity contribution in [1.82, 2.24) is 0 Å². The fourth-order valence-electron chi connectivity index (χ4n) is 2.41. The Morgan fingerprint density at radius 3 is 2.35 bits per heavy atom. The van der Waals surface area contributed by atoms with Gasteiger partial charge in [-0.3, -0.25) is 4.79 Å². The molecule has 0 unspecified atom stereocenters. The molecule has 4 heteroatoms. The Hall–Kier alpha value is -2.33. The number of amides is 1. The Kier molecular flexibility index (Phi) is 6.18. The Labute approximate surface area is 137 Å². The van der Waals surface area contributed by atoms with Gasteiger partial charge in [-0.05, 0) is 34.7 Å². The van der Waals surface area contributed by atoms with Crippen LogP contribution in [0.2, 0.25) is 0 Å². The van der Waals surface area contributed by atoms with E-state index >= 15 is 0 Å². The molecule has 0 aliphatic carbocycles. The number of rotatable bonds is 8. The summed E-state index contributed by atoms with van der Waals surface area (Å²) in [5.74, 6) is 0.517. The van der Waals surface area contributed by atoms with Crippen molar-refractivity contribution in [2.24, 2.45) is 0 Å². The normalized spacial score (nSPS) is 10.6. The van der Waals surface area contributed by atoms with Crippen LogP contribution >= 0.6 is 0 Å². The minimum absolute atomic E-state index is 0.517. The minimum Gasteiger partial charge on any atom is -0.383 e. The first-order valence-corrected chi connectivity index (χ1v) is 7.83. The Morgan fingerprint density at radius 1 is 1.04 bits per heavy atom.